The number of amides is 2. The highest BCUT2D eigenvalue weighted by Gasteiger charge is 2.14. The van der Waals surface area contributed by atoms with Crippen LogP contribution in [0.25, 0.3) is 0 Å². The summed E-state index contributed by atoms with van der Waals surface area (Å²) in [5.41, 5.74) is 0.983. The van der Waals surface area contributed by atoms with E-state index in [0.29, 0.717) is 19.2 Å². The molecule has 2 rings (SSSR count). The summed E-state index contributed by atoms with van der Waals surface area (Å²) in [4.78, 5) is 11.7. The van der Waals surface area contributed by atoms with Crippen molar-refractivity contribution in [2.24, 2.45) is 0 Å². The average Bonchev–Trinajstić information content (AvgIpc) is 2.48. The predicted molar refractivity (Wildman–Crippen MR) is 85.1 cm³/mol. The fourth-order valence-electron chi connectivity index (χ4n) is 2.52. The third-order valence-electron chi connectivity index (χ3n) is 3.73. The van der Waals surface area contributed by atoms with E-state index in [1.807, 2.05) is 25.1 Å². The molecule has 0 atom stereocenters. The molecule has 1 aromatic carbocycles. The lowest BCUT2D eigenvalue weighted by molar-refractivity contribution is 0.228. The van der Waals surface area contributed by atoms with Gasteiger partial charge in [0.25, 0.3) is 0 Å². The van der Waals surface area contributed by atoms with E-state index in [1.54, 1.807) is 0 Å². The third-order valence-corrected chi connectivity index (χ3v) is 4.15. The third kappa shape index (κ3) is 5.46. The number of benzene rings is 1. The number of halogens is 1. The molecule has 0 aromatic heterocycles. The van der Waals surface area contributed by atoms with Gasteiger partial charge in [-0.1, -0.05) is 30.9 Å². The van der Waals surface area contributed by atoms with Crippen molar-refractivity contribution in [3.8, 4) is 5.75 Å². The van der Waals surface area contributed by atoms with E-state index in [1.165, 1.54) is 19.3 Å². The van der Waals surface area contributed by atoms with Crippen LogP contribution in [0.1, 0.15) is 37.7 Å². The number of carbonyl (C=O) groups excluding carboxylic acids is 1. The topological polar surface area (TPSA) is 50.4 Å². The number of hydrogen-bond acceptors (Lipinski definition) is 2. The zero-order valence-corrected chi connectivity index (χ0v) is 13.2. The standard InChI is InChI=1S/C16H23ClN2O2/c1-12-11-14(7-8-15(12)17)21-10-9-18-16(20)19-13-5-3-2-4-6-13/h7-8,11,13H,2-6,9-10H2,1H3,(H2,18,19,20). The molecule has 1 saturated carbocycles. The molecule has 5 heteroatoms. The highest BCUT2D eigenvalue weighted by molar-refractivity contribution is 6.31. The molecule has 0 bridgehead atoms. The van der Waals surface area contributed by atoms with Crippen molar-refractivity contribution in [1.29, 1.82) is 0 Å². The van der Waals surface area contributed by atoms with Crippen LogP contribution in [0.5, 0.6) is 5.75 Å². The molecule has 2 amide bonds. The summed E-state index contributed by atoms with van der Waals surface area (Å²) in [6.07, 6.45) is 5.89. The highest BCUT2D eigenvalue weighted by Crippen LogP contribution is 2.20. The summed E-state index contributed by atoms with van der Waals surface area (Å²) in [5, 5.41) is 6.57. The molecule has 0 aliphatic heterocycles. The highest BCUT2D eigenvalue weighted by atomic mass is 35.5. The Morgan fingerprint density at radius 3 is 2.81 bits per heavy atom. The van der Waals surface area contributed by atoms with Crippen LogP contribution in [0.4, 0.5) is 4.79 Å². The molecule has 21 heavy (non-hydrogen) atoms. The molecule has 4 nitrogen and oxygen atoms in total. The molecule has 0 unspecified atom stereocenters. The monoisotopic (exact) mass is 310 g/mol. The Balaban J connectivity index is 1.62. The fourth-order valence-corrected chi connectivity index (χ4v) is 2.64. The summed E-state index contributed by atoms with van der Waals surface area (Å²) in [6, 6.07) is 5.77. The molecule has 2 N–H and O–H groups in total. The molecule has 1 aromatic rings. The van der Waals surface area contributed by atoms with Gasteiger partial charge in [-0.2, -0.15) is 0 Å². The van der Waals surface area contributed by atoms with E-state index in [4.69, 9.17) is 16.3 Å². The molecular weight excluding hydrogens is 288 g/mol. The molecule has 0 spiro atoms. The van der Waals surface area contributed by atoms with Crippen LogP contribution >= 0.6 is 11.6 Å². The van der Waals surface area contributed by atoms with Crippen LogP contribution < -0.4 is 15.4 Å². The van der Waals surface area contributed by atoms with Gasteiger partial charge in [-0.25, -0.2) is 4.79 Å². The Bertz CT molecular complexity index is 473. The first-order chi connectivity index (χ1) is 10.1. The predicted octanol–water partition coefficient (Wildman–Crippen LogP) is 3.66. The number of hydrogen-bond donors (Lipinski definition) is 2. The quantitative estimate of drug-likeness (QED) is 0.815. The number of aryl methyl sites for hydroxylation is 1. The maximum absolute atomic E-state index is 11.7. The Labute approximate surface area is 131 Å². The van der Waals surface area contributed by atoms with Crippen LogP contribution in [-0.4, -0.2) is 25.2 Å². The van der Waals surface area contributed by atoms with Gasteiger partial charge >= 0.3 is 6.03 Å². The molecule has 0 radical (unpaired) electrons. The van der Waals surface area contributed by atoms with Crippen molar-refractivity contribution in [2.75, 3.05) is 13.2 Å². The van der Waals surface area contributed by atoms with Crippen LogP contribution in [0.3, 0.4) is 0 Å². The van der Waals surface area contributed by atoms with Gasteiger partial charge in [0.05, 0.1) is 6.54 Å². The van der Waals surface area contributed by atoms with Crippen LogP contribution in [0.2, 0.25) is 5.02 Å². The second-order valence-corrected chi connectivity index (χ2v) is 5.90. The Kier molecular flexibility index (Phi) is 6.18. The number of rotatable bonds is 5. The minimum absolute atomic E-state index is 0.0993. The van der Waals surface area contributed by atoms with E-state index in [2.05, 4.69) is 10.6 Å². The zero-order chi connectivity index (χ0) is 15.1. The van der Waals surface area contributed by atoms with E-state index >= 15 is 0 Å². The Morgan fingerprint density at radius 2 is 2.10 bits per heavy atom. The first-order valence-corrected chi connectivity index (χ1v) is 7.96. The van der Waals surface area contributed by atoms with E-state index < -0.39 is 0 Å². The molecule has 0 heterocycles. The van der Waals surface area contributed by atoms with E-state index in [0.717, 1.165) is 29.2 Å². The normalized spacial score (nSPS) is 15.5. The molecule has 1 fully saturated rings. The smallest absolute Gasteiger partial charge is 0.315 e. The van der Waals surface area contributed by atoms with Gasteiger partial charge in [0.1, 0.15) is 12.4 Å². The summed E-state index contributed by atoms with van der Waals surface area (Å²) in [6.45, 7) is 2.87. The minimum Gasteiger partial charge on any atom is -0.492 e. The van der Waals surface area contributed by atoms with Gasteiger partial charge in [-0.3, -0.25) is 0 Å². The van der Waals surface area contributed by atoms with Gasteiger partial charge in [0.15, 0.2) is 0 Å². The number of nitrogens with one attached hydrogen (secondary N) is 2. The van der Waals surface area contributed by atoms with Crippen LogP contribution in [-0.2, 0) is 0 Å². The second kappa shape index (κ2) is 8.13. The first-order valence-electron chi connectivity index (χ1n) is 7.58. The molecular formula is C16H23ClN2O2. The summed E-state index contributed by atoms with van der Waals surface area (Å²) in [5.74, 6) is 0.770. The minimum atomic E-state index is -0.0993. The van der Waals surface area contributed by atoms with Crippen molar-refractivity contribution in [2.45, 2.75) is 45.1 Å². The van der Waals surface area contributed by atoms with Gasteiger partial charge < -0.3 is 15.4 Å². The van der Waals surface area contributed by atoms with Crippen molar-refractivity contribution in [3.63, 3.8) is 0 Å². The van der Waals surface area contributed by atoms with Gasteiger partial charge in [0, 0.05) is 11.1 Å². The SMILES string of the molecule is Cc1cc(OCCNC(=O)NC2CCCCC2)ccc1Cl. The van der Waals surface area contributed by atoms with Crippen molar-refractivity contribution >= 4 is 17.6 Å². The average molecular weight is 311 g/mol. The summed E-state index contributed by atoms with van der Waals surface area (Å²) < 4.78 is 5.58. The van der Waals surface area contributed by atoms with Crippen LogP contribution in [0.15, 0.2) is 18.2 Å². The maximum atomic E-state index is 11.7. The molecule has 116 valence electrons. The Hall–Kier alpha value is -1.42. The molecule has 0 saturated heterocycles. The Morgan fingerprint density at radius 1 is 1.33 bits per heavy atom. The lowest BCUT2D eigenvalue weighted by atomic mass is 9.96. The first kappa shape index (κ1) is 16.0. The van der Waals surface area contributed by atoms with Crippen LogP contribution in [0, 0.1) is 6.92 Å². The largest absolute Gasteiger partial charge is 0.492 e. The van der Waals surface area contributed by atoms with E-state index in [-0.39, 0.29) is 6.03 Å². The second-order valence-electron chi connectivity index (χ2n) is 5.49. The van der Waals surface area contributed by atoms with Crippen molar-refractivity contribution < 1.29 is 9.53 Å². The van der Waals surface area contributed by atoms with Crippen molar-refractivity contribution in [3.05, 3.63) is 28.8 Å². The molecule has 1 aliphatic rings. The lowest BCUT2D eigenvalue weighted by Gasteiger charge is -2.22. The zero-order valence-electron chi connectivity index (χ0n) is 12.5. The lowest BCUT2D eigenvalue weighted by Crippen LogP contribution is -2.44. The van der Waals surface area contributed by atoms with Crippen molar-refractivity contribution in [1.82, 2.24) is 10.6 Å². The van der Waals surface area contributed by atoms with Gasteiger partial charge in [0.2, 0.25) is 0 Å². The van der Waals surface area contributed by atoms with Gasteiger partial charge in [-0.15, -0.1) is 0 Å². The fraction of sp³-hybridized carbons (Fsp3) is 0.562. The van der Waals surface area contributed by atoms with E-state index in [9.17, 15) is 4.79 Å². The number of urea groups is 1. The molecule has 1 aliphatic carbocycles. The summed E-state index contributed by atoms with van der Waals surface area (Å²) in [7, 11) is 0. The van der Waals surface area contributed by atoms with Gasteiger partial charge in [-0.05, 0) is 43.5 Å². The summed E-state index contributed by atoms with van der Waals surface area (Å²) >= 11 is 5.96. The number of carbonyl (C=O) groups is 1. The number of ether oxygens (including phenoxy) is 1. The maximum Gasteiger partial charge on any atom is 0.315 e.